The molecule has 226 valence electrons. The number of hydrogen-bond acceptors (Lipinski definition) is 6. The number of carbonyl (C=O) groups is 2. The standard InChI is InChI=1S/C31H38ClN3O6S/c1-7-22(3)33-31(37)23(4)34(19-24-10-12-25(32)13-11-24)30(36)20-35(26-14-8-21(2)9-15-26)42(38,39)27-16-17-28(40-5)29(18-27)41-6/h8-18,22-23H,7,19-20H2,1-6H3,(H,33,37)/t22-,23-/m1/s1. The Balaban J connectivity index is 2.06. The lowest BCUT2D eigenvalue weighted by atomic mass is 10.1. The number of halogens is 1. The second-order valence-corrected chi connectivity index (χ2v) is 12.3. The predicted octanol–water partition coefficient (Wildman–Crippen LogP) is 5.19. The van der Waals surface area contributed by atoms with Crippen molar-refractivity contribution in [2.24, 2.45) is 0 Å². The fraction of sp³-hybridized carbons (Fsp3) is 0.355. The molecule has 42 heavy (non-hydrogen) atoms. The van der Waals surface area contributed by atoms with Gasteiger partial charge in [0.2, 0.25) is 11.8 Å². The van der Waals surface area contributed by atoms with Gasteiger partial charge in [-0.15, -0.1) is 0 Å². The number of anilines is 1. The van der Waals surface area contributed by atoms with Crippen molar-refractivity contribution in [2.45, 2.75) is 57.6 Å². The maximum atomic E-state index is 14.1. The molecule has 0 aromatic heterocycles. The van der Waals surface area contributed by atoms with Crippen molar-refractivity contribution in [3.05, 3.63) is 82.9 Å². The lowest BCUT2D eigenvalue weighted by Crippen LogP contribution is -2.52. The van der Waals surface area contributed by atoms with Crippen LogP contribution in [0.15, 0.2) is 71.6 Å². The van der Waals surface area contributed by atoms with E-state index in [-0.39, 0.29) is 29.1 Å². The first kappa shape index (κ1) is 32.8. The molecule has 0 spiro atoms. The molecule has 1 N–H and O–H groups in total. The first-order valence-corrected chi connectivity index (χ1v) is 15.4. The zero-order valence-corrected chi connectivity index (χ0v) is 26.3. The summed E-state index contributed by atoms with van der Waals surface area (Å²) >= 11 is 6.06. The molecule has 3 rings (SSSR count). The molecule has 9 nitrogen and oxygen atoms in total. The van der Waals surface area contributed by atoms with Crippen LogP contribution >= 0.6 is 11.6 Å². The molecule has 0 unspecified atom stereocenters. The van der Waals surface area contributed by atoms with Crippen molar-refractivity contribution in [2.75, 3.05) is 25.1 Å². The molecule has 0 heterocycles. The summed E-state index contributed by atoms with van der Waals surface area (Å²) in [5.41, 5.74) is 1.96. The Morgan fingerprint density at radius 3 is 2.12 bits per heavy atom. The van der Waals surface area contributed by atoms with E-state index in [4.69, 9.17) is 21.1 Å². The minimum absolute atomic E-state index is 0.0727. The Morgan fingerprint density at radius 2 is 1.55 bits per heavy atom. The molecule has 3 aromatic carbocycles. The molecular weight excluding hydrogens is 578 g/mol. The van der Waals surface area contributed by atoms with Gasteiger partial charge in [0, 0.05) is 23.7 Å². The van der Waals surface area contributed by atoms with Gasteiger partial charge >= 0.3 is 0 Å². The molecule has 0 bridgehead atoms. The van der Waals surface area contributed by atoms with Crippen LogP contribution in [0.1, 0.15) is 38.3 Å². The molecule has 11 heteroatoms. The Kier molecular flexibility index (Phi) is 11.2. The van der Waals surface area contributed by atoms with Crippen molar-refractivity contribution >= 4 is 39.1 Å². The van der Waals surface area contributed by atoms with Crippen LogP contribution in [0.5, 0.6) is 11.5 Å². The number of nitrogens with zero attached hydrogens (tertiary/aromatic N) is 2. The van der Waals surface area contributed by atoms with E-state index in [0.29, 0.717) is 22.9 Å². The Labute approximate surface area is 253 Å². The van der Waals surface area contributed by atoms with Crippen molar-refractivity contribution in [3.63, 3.8) is 0 Å². The van der Waals surface area contributed by atoms with Crippen molar-refractivity contribution in [1.29, 1.82) is 0 Å². The van der Waals surface area contributed by atoms with E-state index >= 15 is 0 Å². The van der Waals surface area contributed by atoms with Crippen LogP contribution in [0.4, 0.5) is 5.69 Å². The number of hydrogen-bond donors (Lipinski definition) is 1. The highest BCUT2D eigenvalue weighted by Gasteiger charge is 2.33. The zero-order valence-electron chi connectivity index (χ0n) is 24.8. The van der Waals surface area contributed by atoms with E-state index in [2.05, 4.69) is 5.32 Å². The second-order valence-electron chi connectivity index (χ2n) is 10.0. The van der Waals surface area contributed by atoms with Crippen LogP contribution < -0.4 is 19.1 Å². The minimum Gasteiger partial charge on any atom is -0.493 e. The summed E-state index contributed by atoms with van der Waals surface area (Å²) in [4.78, 5) is 28.5. The third kappa shape index (κ3) is 7.95. The van der Waals surface area contributed by atoms with Gasteiger partial charge in [-0.2, -0.15) is 0 Å². The van der Waals surface area contributed by atoms with Gasteiger partial charge in [0.1, 0.15) is 12.6 Å². The van der Waals surface area contributed by atoms with Crippen LogP contribution in [0.25, 0.3) is 0 Å². The van der Waals surface area contributed by atoms with Crippen LogP contribution in [0, 0.1) is 6.92 Å². The topological polar surface area (TPSA) is 105 Å². The number of ether oxygens (including phenoxy) is 2. The quantitative estimate of drug-likeness (QED) is 0.284. The molecule has 3 aromatic rings. The summed E-state index contributed by atoms with van der Waals surface area (Å²) in [6.07, 6.45) is 0.717. The SMILES string of the molecule is CC[C@@H](C)NC(=O)[C@@H](C)N(Cc1ccc(Cl)cc1)C(=O)CN(c1ccc(C)cc1)S(=O)(=O)c1ccc(OC)c(OC)c1. The monoisotopic (exact) mass is 615 g/mol. The third-order valence-electron chi connectivity index (χ3n) is 6.98. The van der Waals surface area contributed by atoms with E-state index in [1.165, 1.54) is 37.3 Å². The Morgan fingerprint density at radius 1 is 0.929 bits per heavy atom. The number of nitrogens with one attached hydrogen (secondary N) is 1. The number of aryl methyl sites for hydroxylation is 1. The average molecular weight is 616 g/mol. The van der Waals surface area contributed by atoms with Gasteiger partial charge in [0.05, 0.1) is 24.8 Å². The smallest absolute Gasteiger partial charge is 0.264 e. The van der Waals surface area contributed by atoms with E-state index in [1.54, 1.807) is 55.5 Å². The average Bonchev–Trinajstić information content (AvgIpc) is 2.98. The van der Waals surface area contributed by atoms with E-state index in [9.17, 15) is 18.0 Å². The summed E-state index contributed by atoms with van der Waals surface area (Å²) < 4.78 is 39.8. The predicted molar refractivity (Wildman–Crippen MR) is 165 cm³/mol. The van der Waals surface area contributed by atoms with Crippen LogP contribution in [0.3, 0.4) is 0 Å². The molecule has 0 saturated heterocycles. The van der Waals surface area contributed by atoms with Gasteiger partial charge in [-0.3, -0.25) is 13.9 Å². The lowest BCUT2D eigenvalue weighted by molar-refractivity contribution is -0.139. The van der Waals surface area contributed by atoms with Crippen molar-refractivity contribution in [3.8, 4) is 11.5 Å². The molecule has 0 fully saturated rings. The summed E-state index contributed by atoms with van der Waals surface area (Å²) in [6, 6.07) is 17.0. The highest BCUT2D eigenvalue weighted by molar-refractivity contribution is 7.92. The van der Waals surface area contributed by atoms with Gasteiger partial charge in [0.15, 0.2) is 11.5 Å². The number of amides is 2. The number of methoxy groups -OCH3 is 2. The zero-order chi connectivity index (χ0) is 31.0. The van der Waals surface area contributed by atoms with E-state index < -0.39 is 28.5 Å². The van der Waals surface area contributed by atoms with Gasteiger partial charge in [-0.25, -0.2) is 8.42 Å². The molecule has 0 aliphatic carbocycles. The summed E-state index contributed by atoms with van der Waals surface area (Å²) in [5.74, 6) is -0.296. The molecular formula is C31H38ClN3O6S. The third-order valence-corrected chi connectivity index (χ3v) is 9.00. The number of carbonyl (C=O) groups excluding carboxylic acids is 2. The number of sulfonamides is 1. The number of rotatable bonds is 13. The van der Waals surface area contributed by atoms with E-state index in [1.807, 2.05) is 20.8 Å². The molecule has 0 radical (unpaired) electrons. The van der Waals surface area contributed by atoms with Gasteiger partial charge < -0.3 is 19.7 Å². The lowest BCUT2D eigenvalue weighted by Gasteiger charge is -2.32. The highest BCUT2D eigenvalue weighted by Crippen LogP contribution is 2.32. The largest absolute Gasteiger partial charge is 0.493 e. The van der Waals surface area contributed by atoms with E-state index in [0.717, 1.165) is 15.4 Å². The molecule has 2 atom stereocenters. The first-order valence-electron chi connectivity index (χ1n) is 13.6. The van der Waals surface area contributed by atoms with Crippen molar-refractivity contribution in [1.82, 2.24) is 10.2 Å². The molecule has 0 aliphatic heterocycles. The van der Waals surface area contributed by atoms with Gasteiger partial charge in [-0.05, 0) is 69.2 Å². The van der Waals surface area contributed by atoms with Crippen molar-refractivity contribution < 1.29 is 27.5 Å². The highest BCUT2D eigenvalue weighted by atomic mass is 35.5. The first-order chi connectivity index (χ1) is 19.9. The molecule has 2 amide bonds. The summed E-state index contributed by atoms with van der Waals surface area (Å²) in [6.45, 7) is 6.87. The maximum absolute atomic E-state index is 14.1. The van der Waals surface area contributed by atoms with Crippen LogP contribution in [0.2, 0.25) is 5.02 Å². The second kappa shape index (κ2) is 14.4. The molecule has 0 saturated carbocycles. The molecule has 0 aliphatic rings. The fourth-order valence-electron chi connectivity index (χ4n) is 4.18. The Bertz CT molecular complexity index is 1480. The van der Waals surface area contributed by atoms with Gasteiger partial charge in [-0.1, -0.05) is 48.4 Å². The Hall–Kier alpha value is -3.76. The minimum atomic E-state index is -4.27. The van der Waals surface area contributed by atoms with Crippen LogP contribution in [-0.4, -0.2) is 58.0 Å². The van der Waals surface area contributed by atoms with Gasteiger partial charge in [0.25, 0.3) is 10.0 Å². The summed E-state index contributed by atoms with van der Waals surface area (Å²) in [7, 11) is -1.40. The van der Waals surface area contributed by atoms with Crippen LogP contribution in [-0.2, 0) is 26.2 Å². The maximum Gasteiger partial charge on any atom is 0.264 e. The normalized spacial score (nSPS) is 12.6. The summed E-state index contributed by atoms with van der Waals surface area (Å²) in [5, 5.41) is 3.45. The fourth-order valence-corrected chi connectivity index (χ4v) is 5.73. The number of benzene rings is 3.